The predicted octanol–water partition coefficient (Wildman–Crippen LogP) is 7.60. The lowest BCUT2D eigenvalue weighted by Crippen LogP contribution is -2.45. The third kappa shape index (κ3) is 7.73. The first kappa shape index (κ1) is 40.0. The van der Waals surface area contributed by atoms with Crippen molar-refractivity contribution < 1.29 is 19.5 Å². The molecule has 9 N–H and O–H groups in total. The number of rotatable bonds is 9. The Bertz CT molecular complexity index is 2610. The Balaban J connectivity index is 0.984. The second-order valence-corrected chi connectivity index (χ2v) is 16.3. The number of hydrogen-bond acceptors (Lipinski definition) is 6. The van der Waals surface area contributed by atoms with Gasteiger partial charge in [-0.1, -0.05) is 52.5 Å². The minimum atomic E-state index is -1.04. The van der Waals surface area contributed by atoms with Crippen LogP contribution in [-0.2, 0) is 35.5 Å². The number of aliphatic hydroxyl groups excluding tert-OH is 1. The first-order valence-corrected chi connectivity index (χ1v) is 20.4. The Kier molecular flexibility index (Phi) is 11.4. The van der Waals surface area contributed by atoms with Crippen LogP contribution in [0.15, 0.2) is 66.7 Å². The van der Waals surface area contributed by atoms with Crippen molar-refractivity contribution in [3.05, 3.63) is 120 Å². The van der Waals surface area contributed by atoms with Crippen molar-refractivity contribution in [2.45, 2.75) is 44.4 Å². The van der Waals surface area contributed by atoms with Gasteiger partial charge >= 0.3 is 6.03 Å². The Hall–Kier alpha value is -4.79. The van der Waals surface area contributed by atoms with Gasteiger partial charge in [0, 0.05) is 103 Å². The number of nitrogens with zero attached hydrogens (tertiary/aromatic N) is 2. The fourth-order valence-electron chi connectivity index (χ4n) is 8.17. The molecule has 4 aromatic carbocycles. The van der Waals surface area contributed by atoms with Crippen molar-refractivity contribution in [1.29, 1.82) is 0 Å². The van der Waals surface area contributed by atoms with E-state index in [2.05, 4.69) is 20.6 Å². The van der Waals surface area contributed by atoms with Gasteiger partial charge in [0.25, 0.3) is 0 Å². The van der Waals surface area contributed by atoms with Crippen LogP contribution in [0.1, 0.15) is 52.1 Å². The molecule has 16 heteroatoms. The normalized spacial score (nSPS) is 15.7. The van der Waals surface area contributed by atoms with Gasteiger partial charge in [-0.2, -0.15) is 0 Å². The average molecular weight is 863 g/mol. The summed E-state index contributed by atoms with van der Waals surface area (Å²) in [5.74, 6) is -0.544. The van der Waals surface area contributed by atoms with Gasteiger partial charge < -0.3 is 47.0 Å². The molecule has 0 saturated carbocycles. The summed E-state index contributed by atoms with van der Waals surface area (Å²) >= 11 is 26.3. The Morgan fingerprint density at radius 1 is 0.845 bits per heavy atom. The molecule has 4 amide bonds. The summed E-state index contributed by atoms with van der Waals surface area (Å²) in [6.07, 6.45) is 1.38. The molecule has 4 heterocycles. The Morgan fingerprint density at radius 3 is 2.41 bits per heavy atom. The number of H-pyrrole nitrogens is 2. The molecule has 0 radical (unpaired) electrons. The molecule has 6 aromatic rings. The largest absolute Gasteiger partial charge is 0.394 e. The van der Waals surface area contributed by atoms with Gasteiger partial charge in [-0.15, -0.1) is 0 Å². The summed E-state index contributed by atoms with van der Waals surface area (Å²) in [6, 6.07) is 17.9. The number of urea groups is 1. The number of fused-ring (bicyclic) bond motifs is 6. The van der Waals surface area contributed by atoms with Crippen LogP contribution in [0.4, 0.5) is 10.5 Å². The standard InChI is InChI=1S/C42H40Cl4N8O4/c43-23-2-4-34-30(15-23)27-7-10-54(37(20-55)40(27)52-34)41(57)39(48)22-1-3-32(45)28(13-22)29-17-35-31(16-33(29)46)26-6-9-53(19-36(26)51-35)42(58)49-18-21-11-24(44)14-25(12-21)50-38(56)5-8-47/h1-4,11-17,37,39,51-52,55H,5-10,18-20,47-48H2,(H,49,58)(H,50,56). The van der Waals surface area contributed by atoms with Crippen molar-refractivity contribution in [2.75, 3.05) is 31.6 Å². The maximum atomic E-state index is 14.0. The molecule has 0 aliphatic carbocycles. The van der Waals surface area contributed by atoms with E-state index in [1.807, 2.05) is 24.3 Å². The number of aliphatic hydroxyl groups is 1. The lowest BCUT2D eigenvalue weighted by Gasteiger charge is -2.36. The van der Waals surface area contributed by atoms with Crippen LogP contribution >= 0.6 is 46.4 Å². The monoisotopic (exact) mass is 860 g/mol. The summed E-state index contributed by atoms with van der Waals surface area (Å²) < 4.78 is 0. The Labute approximate surface area is 353 Å². The maximum absolute atomic E-state index is 14.0. The lowest BCUT2D eigenvalue weighted by atomic mass is 9.94. The molecule has 8 rings (SSSR count). The number of amides is 4. The smallest absolute Gasteiger partial charge is 0.318 e. The van der Waals surface area contributed by atoms with Crippen LogP contribution in [0.25, 0.3) is 32.9 Å². The fourth-order valence-corrected chi connectivity index (χ4v) is 9.08. The molecule has 2 aromatic heterocycles. The number of benzene rings is 4. The van der Waals surface area contributed by atoms with Crippen LogP contribution in [0.2, 0.25) is 20.1 Å². The van der Waals surface area contributed by atoms with E-state index < -0.39 is 12.1 Å². The van der Waals surface area contributed by atoms with E-state index in [0.29, 0.717) is 74.9 Å². The van der Waals surface area contributed by atoms with E-state index in [1.54, 1.807) is 52.3 Å². The predicted molar refractivity (Wildman–Crippen MR) is 229 cm³/mol. The van der Waals surface area contributed by atoms with Gasteiger partial charge in [0.05, 0.1) is 19.2 Å². The number of aromatic nitrogens is 2. The van der Waals surface area contributed by atoms with Crippen LogP contribution in [0.3, 0.4) is 0 Å². The van der Waals surface area contributed by atoms with Gasteiger partial charge in [-0.05, 0) is 95.8 Å². The Morgan fingerprint density at radius 2 is 1.62 bits per heavy atom. The van der Waals surface area contributed by atoms with E-state index in [4.69, 9.17) is 57.9 Å². The van der Waals surface area contributed by atoms with Crippen LogP contribution in [0, 0.1) is 0 Å². The molecule has 2 aliphatic heterocycles. The molecule has 0 bridgehead atoms. The van der Waals surface area contributed by atoms with Crippen molar-refractivity contribution in [3.63, 3.8) is 0 Å². The van der Waals surface area contributed by atoms with Crippen molar-refractivity contribution in [2.24, 2.45) is 11.5 Å². The topological polar surface area (TPSA) is 186 Å². The quantitative estimate of drug-likeness (QED) is 0.0785. The second kappa shape index (κ2) is 16.5. The van der Waals surface area contributed by atoms with Crippen LogP contribution in [0.5, 0.6) is 0 Å². The summed E-state index contributed by atoms with van der Waals surface area (Å²) in [5, 5.41) is 20.1. The van der Waals surface area contributed by atoms with Gasteiger partial charge in [-0.25, -0.2) is 4.79 Å². The number of nitrogens with two attached hydrogens (primary N) is 2. The summed E-state index contributed by atoms with van der Waals surface area (Å²) in [5.41, 5.74) is 20.7. The molecular weight excluding hydrogens is 822 g/mol. The number of hydrogen-bond donors (Lipinski definition) is 7. The lowest BCUT2D eigenvalue weighted by molar-refractivity contribution is -0.136. The van der Waals surface area contributed by atoms with Gasteiger partial charge in [0.2, 0.25) is 11.8 Å². The third-order valence-electron chi connectivity index (χ3n) is 11.0. The third-order valence-corrected chi connectivity index (χ3v) is 12.1. The van der Waals surface area contributed by atoms with E-state index in [1.165, 1.54) is 0 Å². The molecule has 2 unspecified atom stereocenters. The average Bonchev–Trinajstić information content (AvgIpc) is 3.75. The van der Waals surface area contributed by atoms with E-state index >= 15 is 0 Å². The van der Waals surface area contributed by atoms with E-state index in [9.17, 15) is 19.5 Å². The van der Waals surface area contributed by atoms with Gasteiger partial charge in [0.15, 0.2) is 0 Å². The van der Waals surface area contributed by atoms with Crippen LogP contribution < -0.4 is 22.1 Å². The van der Waals surface area contributed by atoms with Crippen LogP contribution in [-0.4, -0.2) is 69.0 Å². The number of carbonyl (C=O) groups excluding carboxylic acids is 3. The molecule has 58 heavy (non-hydrogen) atoms. The van der Waals surface area contributed by atoms with E-state index in [0.717, 1.165) is 49.9 Å². The molecule has 12 nitrogen and oxygen atoms in total. The number of anilines is 1. The molecule has 0 fully saturated rings. The minimum absolute atomic E-state index is 0.187. The first-order chi connectivity index (χ1) is 27.9. The van der Waals surface area contributed by atoms with Gasteiger partial charge in [0.1, 0.15) is 6.04 Å². The number of nitrogens with one attached hydrogen (secondary N) is 4. The molecule has 0 saturated heterocycles. The molecule has 2 atom stereocenters. The fraction of sp³-hybridized carbons (Fsp3) is 0.262. The highest BCUT2D eigenvalue weighted by Crippen LogP contribution is 2.41. The summed E-state index contributed by atoms with van der Waals surface area (Å²) in [6.45, 7) is 1.39. The highest BCUT2D eigenvalue weighted by molar-refractivity contribution is 6.37. The zero-order valence-corrected chi connectivity index (χ0v) is 34.1. The highest BCUT2D eigenvalue weighted by Gasteiger charge is 2.36. The number of carbonyl (C=O) groups is 3. The molecule has 2 aliphatic rings. The summed E-state index contributed by atoms with van der Waals surface area (Å²) in [7, 11) is 0. The zero-order valence-electron chi connectivity index (χ0n) is 31.1. The maximum Gasteiger partial charge on any atom is 0.318 e. The second-order valence-electron chi connectivity index (χ2n) is 14.6. The number of aromatic amines is 2. The molecular formula is C42H40Cl4N8O4. The number of halogens is 4. The zero-order chi connectivity index (χ0) is 40.8. The van der Waals surface area contributed by atoms with Crippen molar-refractivity contribution >= 4 is 91.7 Å². The van der Waals surface area contributed by atoms with E-state index in [-0.39, 0.29) is 44.0 Å². The molecule has 0 spiro atoms. The first-order valence-electron chi connectivity index (χ1n) is 18.8. The van der Waals surface area contributed by atoms with Crippen molar-refractivity contribution in [1.82, 2.24) is 25.1 Å². The van der Waals surface area contributed by atoms with Gasteiger partial charge in [-0.3, -0.25) is 9.59 Å². The highest BCUT2D eigenvalue weighted by atomic mass is 35.5. The SMILES string of the molecule is NCCC(=O)Nc1cc(Cl)cc(CNC(=O)N2CCc3c([nH]c4cc(-c5cc(C(N)C(=O)N6CCc7c([nH]c8ccc(Cl)cc78)C6CO)ccc5Cl)c(Cl)cc34)C2)c1. The van der Waals surface area contributed by atoms with Crippen molar-refractivity contribution in [3.8, 4) is 11.1 Å². The molecule has 300 valence electrons. The summed E-state index contributed by atoms with van der Waals surface area (Å²) in [4.78, 5) is 49.6. The minimum Gasteiger partial charge on any atom is -0.394 e.